The maximum atomic E-state index is 13.8. The van der Waals surface area contributed by atoms with Gasteiger partial charge in [-0.25, -0.2) is 4.79 Å². The molecule has 1 aliphatic heterocycles. The van der Waals surface area contributed by atoms with Gasteiger partial charge in [0.1, 0.15) is 30.8 Å². The van der Waals surface area contributed by atoms with Crippen molar-refractivity contribution in [3.63, 3.8) is 0 Å². The Morgan fingerprint density at radius 3 is 2.20 bits per heavy atom. The Balaban J connectivity index is 1.76. The van der Waals surface area contributed by atoms with E-state index in [0.29, 0.717) is 13.0 Å². The summed E-state index contributed by atoms with van der Waals surface area (Å²) in [6.07, 6.45) is 0.185. The standard InChI is InChI=1S/C31H41N3O6/c1-7-33(29(37)25-17-18-34(25)30(38)39-21-24-11-9-8-10-12-24)26(19-23-15-13-22(2)14-16-23)28(36)32(6)20-27(35)40-31(3,4)5/h8-16,25-26H,7,17-21H2,1-6H3/t25-,26-/m0/s1. The molecular weight excluding hydrogens is 510 g/mol. The van der Waals surface area contributed by atoms with Crippen molar-refractivity contribution in [3.8, 4) is 0 Å². The highest BCUT2D eigenvalue weighted by Gasteiger charge is 2.43. The van der Waals surface area contributed by atoms with Crippen molar-refractivity contribution < 1.29 is 28.7 Å². The van der Waals surface area contributed by atoms with Crippen LogP contribution in [0.25, 0.3) is 0 Å². The third-order valence-electron chi connectivity index (χ3n) is 6.74. The van der Waals surface area contributed by atoms with Gasteiger partial charge in [0.2, 0.25) is 11.8 Å². The largest absolute Gasteiger partial charge is 0.459 e. The summed E-state index contributed by atoms with van der Waals surface area (Å²) in [7, 11) is 1.53. The lowest BCUT2D eigenvalue weighted by molar-refractivity contribution is -0.160. The van der Waals surface area contributed by atoms with Crippen LogP contribution >= 0.6 is 0 Å². The third-order valence-corrected chi connectivity index (χ3v) is 6.74. The second-order valence-electron chi connectivity index (χ2n) is 11.1. The van der Waals surface area contributed by atoms with Gasteiger partial charge in [0, 0.05) is 26.6 Å². The Bertz CT molecular complexity index is 1180. The molecule has 1 fully saturated rings. The molecule has 0 radical (unpaired) electrons. The van der Waals surface area contributed by atoms with Gasteiger partial charge < -0.3 is 19.3 Å². The van der Waals surface area contributed by atoms with Gasteiger partial charge in [0.05, 0.1) is 0 Å². The minimum absolute atomic E-state index is 0.110. The number of ether oxygens (including phenoxy) is 2. The highest BCUT2D eigenvalue weighted by molar-refractivity contribution is 5.93. The molecule has 0 bridgehead atoms. The molecular formula is C31H41N3O6. The maximum absolute atomic E-state index is 13.8. The molecule has 1 heterocycles. The molecule has 1 aliphatic rings. The maximum Gasteiger partial charge on any atom is 0.410 e. The summed E-state index contributed by atoms with van der Waals surface area (Å²) in [5.41, 5.74) is 2.13. The smallest absolute Gasteiger partial charge is 0.410 e. The van der Waals surface area contributed by atoms with Gasteiger partial charge in [-0.15, -0.1) is 0 Å². The highest BCUT2D eigenvalue weighted by atomic mass is 16.6. The van der Waals surface area contributed by atoms with Crippen molar-refractivity contribution in [2.75, 3.05) is 26.7 Å². The molecule has 9 heteroatoms. The van der Waals surface area contributed by atoms with E-state index in [0.717, 1.165) is 16.7 Å². The summed E-state index contributed by atoms with van der Waals surface area (Å²) in [5.74, 6) is -1.22. The van der Waals surface area contributed by atoms with Gasteiger partial charge in [-0.1, -0.05) is 60.2 Å². The van der Waals surface area contributed by atoms with Gasteiger partial charge in [0.15, 0.2) is 0 Å². The monoisotopic (exact) mass is 551 g/mol. The first-order valence-corrected chi connectivity index (χ1v) is 13.7. The van der Waals surface area contributed by atoms with Gasteiger partial charge in [-0.3, -0.25) is 19.3 Å². The van der Waals surface area contributed by atoms with Crippen molar-refractivity contribution in [1.82, 2.24) is 14.7 Å². The number of likely N-dealkylation sites (N-methyl/N-ethyl adjacent to an activating group) is 2. The van der Waals surface area contributed by atoms with E-state index < -0.39 is 29.7 Å². The summed E-state index contributed by atoms with van der Waals surface area (Å²) >= 11 is 0. The Morgan fingerprint density at radius 1 is 1.00 bits per heavy atom. The lowest BCUT2D eigenvalue weighted by atomic mass is 9.98. The van der Waals surface area contributed by atoms with Crippen LogP contribution in [0.4, 0.5) is 4.79 Å². The number of aryl methyl sites for hydroxylation is 1. The van der Waals surface area contributed by atoms with Crippen LogP contribution in [-0.2, 0) is 36.9 Å². The van der Waals surface area contributed by atoms with Crippen molar-refractivity contribution in [2.45, 2.75) is 71.8 Å². The van der Waals surface area contributed by atoms with Crippen LogP contribution in [-0.4, -0.2) is 82.9 Å². The molecule has 9 nitrogen and oxygen atoms in total. The van der Waals surface area contributed by atoms with E-state index >= 15 is 0 Å². The average molecular weight is 552 g/mol. The number of rotatable bonds is 10. The van der Waals surface area contributed by atoms with Crippen molar-refractivity contribution in [2.24, 2.45) is 0 Å². The Hall–Kier alpha value is -3.88. The molecule has 2 aromatic carbocycles. The number of hydrogen-bond donors (Lipinski definition) is 0. The van der Waals surface area contributed by atoms with E-state index in [2.05, 4.69) is 0 Å². The zero-order chi connectivity index (χ0) is 29.4. The topological polar surface area (TPSA) is 96.5 Å². The molecule has 216 valence electrons. The average Bonchev–Trinajstić information content (AvgIpc) is 2.86. The molecule has 3 rings (SSSR count). The zero-order valence-electron chi connectivity index (χ0n) is 24.4. The summed E-state index contributed by atoms with van der Waals surface area (Å²) in [5, 5.41) is 0. The predicted molar refractivity (Wildman–Crippen MR) is 151 cm³/mol. The summed E-state index contributed by atoms with van der Waals surface area (Å²) in [6, 6.07) is 15.5. The van der Waals surface area contributed by atoms with Crippen LogP contribution in [0.5, 0.6) is 0 Å². The Kier molecular flexibility index (Phi) is 10.3. The summed E-state index contributed by atoms with van der Waals surface area (Å²) in [4.78, 5) is 57.0. The molecule has 1 saturated heterocycles. The lowest BCUT2D eigenvalue weighted by Gasteiger charge is -2.43. The molecule has 0 saturated carbocycles. The molecule has 0 spiro atoms. The van der Waals surface area contributed by atoms with Gasteiger partial charge in [-0.2, -0.15) is 0 Å². The fourth-order valence-electron chi connectivity index (χ4n) is 4.56. The minimum Gasteiger partial charge on any atom is -0.459 e. The molecule has 2 aromatic rings. The quantitative estimate of drug-likeness (QED) is 0.415. The van der Waals surface area contributed by atoms with Gasteiger partial charge in [-0.05, 0) is 52.2 Å². The Morgan fingerprint density at radius 2 is 1.65 bits per heavy atom. The number of carbonyl (C=O) groups excluding carboxylic acids is 4. The van der Waals surface area contributed by atoms with Crippen molar-refractivity contribution >= 4 is 23.9 Å². The van der Waals surface area contributed by atoms with E-state index in [9.17, 15) is 19.2 Å². The lowest BCUT2D eigenvalue weighted by Crippen LogP contribution is -2.62. The first kappa shape index (κ1) is 30.7. The van der Waals surface area contributed by atoms with Crippen LogP contribution < -0.4 is 0 Å². The highest BCUT2D eigenvalue weighted by Crippen LogP contribution is 2.24. The second-order valence-corrected chi connectivity index (χ2v) is 11.1. The fourth-order valence-corrected chi connectivity index (χ4v) is 4.56. The van der Waals surface area contributed by atoms with Crippen LogP contribution in [0.1, 0.15) is 50.8 Å². The Labute approximate surface area is 237 Å². The number of esters is 1. The molecule has 0 aliphatic carbocycles. The summed E-state index contributed by atoms with van der Waals surface area (Å²) in [6.45, 7) is 9.59. The number of benzene rings is 2. The van der Waals surface area contributed by atoms with E-state index in [1.807, 2.05) is 61.5 Å². The van der Waals surface area contributed by atoms with Crippen LogP contribution in [0.15, 0.2) is 54.6 Å². The number of carbonyl (C=O) groups is 4. The SMILES string of the molecule is CCN(C(=O)[C@@H]1CCN1C(=O)OCc1ccccc1)[C@@H](Cc1ccc(C)cc1)C(=O)N(C)CC(=O)OC(C)(C)C. The number of likely N-dealkylation sites (tertiary alicyclic amines) is 1. The number of nitrogens with zero attached hydrogens (tertiary/aromatic N) is 3. The first-order chi connectivity index (χ1) is 18.9. The predicted octanol–water partition coefficient (Wildman–Crippen LogP) is 3.97. The van der Waals surface area contributed by atoms with Gasteiger partial charge in [0.25, 0.3) is 0 Å². The molecule has 0 aromatic heterocycles. The van der Waals surface area contributed by atoms with Crippen LogP contribution in [0.3, 0.4) is 0 Å². The first-order valence-electron chi connectivity index (χ1n) is 13.7. The second kappa shape index (κ2) is 13.5. The molecule has 3 amide bonds. The minimum atomic E-state index is -0.865. The van der Waals surface area contributed by atoms with Crippen molar-refractivity contribution in [3.05, 3.63) is 71.3 Å². The number of hydrogen-bond acceptors (Lipinski definition) is 6. The van der Waals surface area contributed by atoms with E-state index in [1.54, 1.807) is 27.7 Å². The molecule has 0 N–H and O–H groups in total. The van der Waals surface area contributed by atoms with E-state index in [-0.39, 0.29) is 37.9 Å². The van der Waals surface area contributed by atoms with E-state index in [4.69, 9.17) is 9.47 Å². The molecule has 2 atom stereocenters. The fraction of sp³-hybridized carbons (Fsp3) is 0.484. The third kappa shape index (κ3) is 8.31. The number of amides is 3. The van der Waals surface area contributed by atoms with E-state index in [1.165, 1.54) is 21.7 Å². The normalized spacial score (nSPS) is 15.4. The molecule has 40 heavy (non-hydrogen) atoms. The molecule has 0 unspecified atom stereocenters. The van der Waals surface area contributed by atoms with Crippen LogP contribution in [0.2, 0.25) is 0 Å². The van der Waals surface area contributed by atoms with Gasteiger partial charge >= 0.3 is 12.1 Å². The zero-order valence-corrected chi connectivity index (χ0v) is 24.4. The summed E-state index contributed by atoms with van der Waals surface area (Å²) < 4.78 is 10.8. The van der Waals surface area contributed by atoms with Crippen LogP contribution in [0, 0.1) is 6.92 Å². The van der Waals surface area contributed by atoms with Crippen molar-refractivity contribution in [1.29, 1.82) is 0 Å².